The standard InChI is InChI=1S/C14H27NS2/c1-2-13-14(17-9-8-16-13)12(15)10-11-6-4-3-5-7-11/h11-14H,2-10,15H2,1H3. The van der Waals surface area contributed by atoms with E-state index in [-0.39, 0.29) is 0 Å². The van der Waals surface area contributed by atoms with E-state index >= 15 is 0 Å². The summed E-state index contributed by atoms with van der Waals surface area (Å²) in [6, 6.07) is 0.445. The predicted molar refractivity (Wildman–Crippen MR) is 82.0 cm³/mol. The molecule has 1 nitrogen and oxygen atoms in total. The molecule has 0 bridgehead atoms. The first kappa shape index (κ1) is 14.1. The summed E-state index contributed by atoms with van der Waals surface area (Å²) in [7, 11) is 0. The third kappa shape index (κ3) is 4.07. The number of thioether (sulfide) groups is 2. The Morgan fingerprint density at radius 3 is 2.53 bits per heavy atom. The SMILES string of the molecule is CCC1SCCSC1C(N)CC1CCCCC1. The zero-order valence-electron chi connectivity index (χ0n) is 11.1. The second kappa shape index (κ2) is 7.30. The molecule has 0 aromatic heterocycles. The molecule has 1 saturated heterocycles. The Balaban J connectivity index is 1.82. The minimum atomic E-state index is 0.445. The number of rotatable bonds is 4. The molecular formula is C14H27NS2. The van der Waals surface area contributed by atoms with Crippen molar-refractivity contribution in [2.45, 2.75) is 68.4 Å². The predicted octanol–water partition coefficient (Wildman–Crippen LogP) is 3.91. The Morgan fingerprint density at radius 1 is 1.12 bits per heavy atom. The van der Waals surface area contributed by atoms with Crippen LogP contribution in [0.5, 0.6) is 0 Å². The molecular weight excluding hydrogens is 246 g/mol. The van der Waals surface area contributed by atoms with E-state index in [4.69, 9.17) is 5.73 Å². The van der Waals surface area contributed by atoms with E-state index in [0.29, 0.717) is 6.04 Å². The van der Waals surface area contributed by atoms with Gasteiger partial charge in [0.25, 0.3) is 0 Å². The lowest BCUT2D eigenvalue weighted by atomic mass is 9.84. The highest BCUT2D eigenvalue weighted by Crippen LogP contribution is 2.37. The third-order valence-corrected chi connectivity index (χ3v) is 7.67. The first-order valence-electron chi connectivity index (χ1n) is 7.30. The van der Waals surface area contributed by atoms with Crippen molar-refractivity contribution in [3.63, 3.8) is 0 Å². The van der Waals surface area contributed by atoms with Crippen LogP contribution in [0.15, 0.2) is 0 Å². The quantitative estimate of drug-likeness (QED) is 0.841. The smallest absolute Gasteiger partial charge is 0.0318 e. The van der Waals surface area contributed by atoms with Gasteiger partial charge in [0, 0.05) is 28.0 Å². The van der Waals surface area contributed by atoms with Crippen LogP contribution in [0.25, 0.3) is 0 Å². The highest BCUT2D eigenvalue weighted by atomic mass is 32.2. The topological polar surface area (TPSA) is 26.0 Å². The van der Waals surface area contributed by atoms with Gasteiger partial charge in [0.05, 0.1) is 0 Å². The van der Waals surface area contributed by atoms with Crippen LogP contribution >= 0.6 is 23.5 Å². The van der Waals surface area contributed by atoms with Gasteiger partial charge in [0.1, 0.15) is 0 Å². The summed E-state index contributed by atoms with van der Waals surface area (Å²) in [5, 5.41) is 1.54. The van der Waals surface area contributed by atoms with Crippen LogP contribution in [0.1, 0.15) is 51.9 Å². The zero-order chi connectivity index (χ0) is 12.1. The van der Waals surface area contributed by atoms with E-state index < -0.39 is 0 Å². The molecule has 1 heterocycles. The molecule has 0 aromatic carbocycles. The molecule has 2 fully saturated rings. The van der Waals surface area contributed by atoms with Crippen LogP contribution in [0.3, 0.4) is 0 Å². The fraction of sp³-hybridized carbons (Fsp3) is 1.00. The zero-order valence-corrected chi connectivity index (χ0v) is 12.7. The normalized spacial score (nSPS) is 33.5. The Hall–Kier alpha value is 0.660. The van der Waals surface area contributed by atoms with Gasteiger partial charge < -0.3 is 5.73 Å². The van der Waals surface area contributed by atoms with Crippen molar-refractivity contribution in [1.29, 1.82) is 0 Å². The van der Waals surface area contributed by atoms with Crippen molar-refractivity contribution in [3.05, 3.63) is 0 Å². The number of hydrogen-bond acceptors (Lipinski definition) is 3. The molecule has 2 aliphatic rings. The average molecular weight is 274 g/mol. The summed E-state index contributed by atoms with van der Waals surface area (Å²) in [5.74, 6) is 3.57. The van der Waals surface area contributed by atoms with Crippen molar-refractivity contribution in [1.82, 2.24) is 0 Å². The molecule has 17 heavy (non-hydrogen) atoms. The number of nitrogens with two attached hydrogens (primary N) is 1. The summed E-state index contributed by atoms with van der Waals surface area (Å²) in [4.78, 5) is 0. The molecule has 3 atom stereocenters. The maximum atomic E-state index is 6.51. The van der Waals surface area contributed by atoms with Gasteiger partial charge in [0.15, 0.2) is 0 Å². The van der Waals surface area contributed by atoms with Gasteiger partial charge >= 0.3 is 0 Å². The van der Waals surface area contributed by atoms with Crippen molar-refractivity contribution in [3.8, 4) is 0 Å². The fourth-order valence-corrected chi connectivity index (χ4v) is 6.49. The van der Waals surface area contributed by atoms with Crippen molar-refractivity contribution < 1.29 is 0 Å². The van der Waals surface area contributed by atoms with Crippen LogP contribution in [-0.2, 0) is 0 Å². The van der Waals surface area contributed by atoms with Crippen LogP contribution < -0.4 is 5.73 Å². The molecule has 3 unspecified atom stereocenters. The molecule has 100 valence electrons. The van der Waals surface area contributed by atoms with Gasteiger partial charge in [-0.3, -0.25) is 0 Å². The summed E-state index contributed by atoms with van der Waals surface area (Å²) < 4.78 is 0. The first-order chi connectivity index (χ1) is 8.31. The van der Waals surface area contributed by atoms with Gasteiger partial charge in [-0.15, -0.1) is 0 Å². The molecule has 0 radical (unpaired) electrons. The minimum Gasteiger partial charge on any atom is -0.327 e. The lowest BCUT2D eigenvalue weighted by Crippen LogP contribution is -2.43. The summed E-state index contributed by atoms with van der Waals surface area (Å²) >= 11 is 4.31. The fourth-order valence-electron chi connectivity index (χ4n) is 3.28. The summed E-state index contributed by atoms with van der Waals surface area (Å²) in [6.45, 7) is 2.32. The molecule has 1 saturated carbocycles. The molecule has 0 amide bonds. The second-order valence-corrected chi connectivity index (χ2v) is 8.19. The van der Waals surface area contributed by atoms with Gasteiger partial charge in [-0.2, -0.15) is 23.5 Å². The Labute approximate surface area is 115 Å². The highest BCUT2D eigenvalue weighted by Gasteiger charge is 2.31. The highest BCUT2D eigenvalue weighted by molar-refractivity contribution is 8.07. The first-order valence-corrected chi connectivity index (χ1v) is 9.39. The molecule has 2 rings (SSSR count). The largest absolute Gasteiger partial charge is 0.327 e. The Kier molecular flexibility index (Phi) is 6.04. The summed E-state index contributed by atoms with van der Waals surface area (Å²) in [6.07, 6.45) is 9.80. The van der Waals surface area contributed by atoms with Crippen LogP contribution in [0, 0.1) is 5.92 Å². The average Bonchev–Trinajstić information content (AvgIpc) is 2.40. The van der Waals surface area contributed by atoms with E-state index in [1.807, 2.05) is 0 Å². The van der Waals surface area contributed by atoms with E-state index in [2.05, 4.69) is 30.4 Å². The van der Waals surface area contributed by atoms with Crippen LogP contribution in [0.4, 0.5) is 0 Å². The van der Waals surface area contributed by atoms with E-state index in [9.17, 15) is 0 Å². The van der Waals surface area contributed by atoms with Crippen LogP contribution in [0.2, 0.25) is 0 Å². The maximum Gasteiger partial charge on any atom is 0.0318 e. The third-order valence-electron chi connectivity index (χ3n) is 4.25. The Morgan fingerprint density at radius 2 is 1.82 bits per heavy atom. The van der Waals surface area contributed by atoms with E-state index in [1.165, 1.54) is 56.5 Å². The summed E-state index contributed by atoms with van der Waals surface area (Å²) in [5.41, 5.74) is 6.51. The van der Waals surface area contributed by atoms with Gasteiger partial charge in [-0.1, -0.05) is 39.0 Å². The molecule has 1 aliphatic heterocycles. The van der Waals surface area contributed by atoms with Gasteiger partial charge in [-0.25, -0.2) is 0 Å². The molecule has 2 N–H and O–H groups in total. The molecule has 0 spiro atoms. The maximum absolute atomic E-state index is 6.51. The van der Waals surface area contributed by atoms with Crippen molar-refractivity contribution in [2.75, 3.05) is 11.5 Å². The monoisotopic (exact) mass is 273 g/mol. The lowest BCUT2D eigenvalue weighted by Gasteiger charge is -2.36. The van der Waals surface area contributed by atoms with Crippen molar-refractivity contribution in [2.24, 2.45) is 11.7 Å². The van der Waals surface area contributed by atoms with E-state index in [1.54, 1.807) is 0 Å². The number of hydrogen-bond donors (Lipinski definition) is 1. The van der Waals surface area contributed by atoms with Gasteiger partial charge in [-0.05, 0) is 18.8 Å². The Bertz CT molecular complexity index is 216. The molecule has 3 heteroatoms. The van der Waals surface area contributed by atoms with Gasteiger partial charge in [0.2, 0.25) is 0 Å². The molecule has 0 aromatic rings. The molecule has 1 aliphatic carbocycles. The second-order valence-electron chi connectivity index (χ2n) is 5.56. The lowest BCUT2D eigenvalue weighted by molar-refractivity contribution is 0.313. The minimum absolute atomic E-state index is 0.445. The van der Waals surface area contributed by atoms with Crippen LogP contribution in [-0.4, -0.2) is 28.0 Å². The van der Waals surface area contributed by atoms with Crippen molar-refractivity contribution >= 4 is 23.5 Å². The van der Waals surface area contributed by atoms with E-state index in [0.717, 1.165) is 16.4 Å².